The topological polar surface area (TPSA) is 27.3 Å². The lowest BCUT2D eigenvalue weighted by Gasteiger charge is -2.44. The molecule has 0 amide bonds. The maximum atomic E-state index is 4.63. The Hall–Kier alpha value is -1.22. The van der Waals surface area contributed by atoms with Gasteiger partial charge in [-0.3, -0.25) is 0 Å². The van der Waals surface area contributed by atoms with Crippen molar-refractivity contribution in [2.24, 2.45) is 29.1 Å². The molecule has 5 atom stereocenters. The lowest BCUT2D eigenvalue weighted by Crippen LogP contribution is -2.50. The first-order valence-electron chi connectivity index (χ1n) is 13.3. The van der Waals surface area contributed by atoms with Crippen LogP contribution in [0.5, 0.6) is 0 Å². The first-order chi connectivity index (χ1) is 15.1. The minimum Gasteiger partial charge on any atom is -0.379 e. The van der Waals surface area contributed by atoms with E-state index in [0.29, 0.717) is 29.7 Å². The molecule has 0 bridgehead atoms. The van der Waals surface area contributed by atoms with Crippen molar-refractivity contribution in [3.8, 4) is 0 Å². The van der Waals surface area contributed by atoms with Crippen molar-refractivity contribution in [2.75, 3.05) is 14.1 Å². The Bertz CT molecular complexity index is 611. The molecule has 194 valence electrons. The zero-order valence-corrected chi connectivity index (χ0v) is 24.4. The Labute approximate surface area is 208 Å². The van der Waals surface area contributed by atoms with E-state index < -0.39 is 0 Å². The largest absolute Gasteiger partial charge is 0.379 e. The van der Waals surface area contributed by atoms with Gasteiger partial charge >= 0.3 is 0 Å². The summed E-state index contributed by atoms with van der Waals surface area (Å²) < 4.78 is 0. The molecule has 33 heavy (non-hydrogen) atoms. The molecule has 0 spiro atoms. The van der Waals surface area contributed by atoms with Gasteiger partial charge in [0.15, 0.2) is 0 Å². The molecule has 3 nitrogen and oxygen atoms in total. The molecule has 0 aromatic carbocycles. The molecule has 4 unspecified atom stereocenters. The average molecular weight is 462 g/mol. The Morgan fingerprint density at radius 1 is 0.879 bits per heavy atom. The molecule has 0 heterocycles. The molecule has 0 aliphatic carbocycles. The lowest BCUT2D eigenvalue weighted by atomic mass is 9.78. The van der Waals surface area contributed by atoms with E-state index >= 15 is 0 Å². The van der Waals surface area contributed by atoms with Crippen LogP contribution in [-0.2, 0) is 0 Å². The smallest absolute Gasteiger partial charge is 0.0676 e. The number of allylic oxidation sites excluding steroid dienone is 1. The van der Waals surface area contributed by atoms with Gasteiger partial charge in [-0.25, -0.2) is 0 Å². The molecule has 0 saturated carbocycles. The summed E-state index contributed by atoms with van der Waals surface area (Å²) in [6.45, 7) is 36.5. The van der Waals surface area contributed by atoms with Crippen LogP contribution in [0.3, 0.4) is 0 Å². The molecule has 0 aromatic heterocycles. The lowest BCUT2D eigenvalue weighted by molar-refractivity contribution is 0.133. The van der Waals surface area contributed by atoms with Crippen molar-refractivity contribution < 1.29 is 0 Å². The number of likely N-dealkylation sites (N-methyl/N-ethyl adjacent to an activating group) is 2. The molecule has 0 aromatic rings. The molecule has 0 aliphatic heterocycles. The van der Waals surface area contributed by atoms with Gasteiger partial charge in [0, 0.05) is 30.5 Å². The van der Waals surface area contributed by atoms with E-state index in [9.17, 15) is 0 Å². The zero-order chi connectivity index (χ0) is 26.1. The third kappa shape index (κ3) is 10.3. The number of rotatable bonds is 16. The van der Waals surface area contributed by atoms with Crippen LogP contribution in [0.2, 0.25) is 0 Å². The van der Waals surface area contributed by atoms with E-state index in [-0.39, 0.29) is 17.5 Å². The quantitative estimate of drug-likeness (QED) is 0.231. The van der Waals surface area contributed by atoms with Gasteiger partial charge in [-0.05, 0) is 49.0 Å². The van der Waals surface area contributed by atoms with Crippen molar-refractivity contribution in [1.29, 1.82) is 0 Å². The van der Waals surface area contributed by atoms with Gasteiger partial charge in [-0.15, -0.1) is 0 Å². The van der Waals surface area contributed by atoms with E-state index in [0.717, 1.165) is 37.1 Å². The Kier molecular flexibility index (Phi) is 13.7. The van der Waals surface area contributed by atoms with Crippen LogP contribution in [0.25, 0.3) is 0 Å². The van der Waals surface area contributed by atoms with Crippen LogP contribution in [0.4, 0.5) is 0 Å². The first-order valence-corrected chi connectivity index (χ1v) is 13.3. The maximum absolute atomic E-state index is 4.63. The highest BCUT2D eigenvalue weighted by Crippen LogP contribution is 2.35. The predicted molar refractivity (Wildman–Crippen MR) is 150 cm³/mol. The van der Waals surface area contributed by atoms with Gasteiger partial charge < -0.3 is 15.5 Å². The number of nitrogens with zero attached hydrogens (tertiary/aromatic N) is 1. The third-order valence-electron chi connectivity index (χ3n) is 7.19. The third-order valence-corrected chi connectivity index (χ3v) is 7.19. The van der Waals surface area contributed by atoms with Crippen molar-refractivity contribution in [3.63, 3.8) is 0 Å². The molecule has 0 rings (SSSR count). The minimum atomic E-state index is 0.152. The van der Waals surface area contributed by atoms with Crippen molar-refractivity contribution in [3.05, 3.63) is 36.7 Å². The Balaban J connectivity index is 5.83. The monoisotopic (exact) mass is 461 g/mol. The number of hydrogen-bond acceptors (Lipinski definition) is 3. The van der Waals surface area contributed by atoms with Crippen molar-refractivity contribution in [1.82, 2.24) is 15.5 Å². The summed E-state index contributed by atoms with van der Waals surface area (Å²) in [6, 6.07) is 0.823. The average Bonchev–Trinajstić information content (AvgIpc) is 2.68. The standard InChI is InChI=1S/C30H59N3/c1-16-23(8)29(26(17-2)18-22(7)19-30(11,12)13)33(15)25(10)28(21(5)6)32-24(9)27(31-14)20(3)4/h20-21,23,26-29,31-32H,7,9-10,16-19H2,1-6,8,11-15H3/t23?,26?,27?,28-,29?/m0/s1. The van der Waals surface area contributed by atoms with Crippen molar-refractivity contribution in [2.45, 2.75) is 113 Å². The van der Waals surface area contributed by atoms with Crippen LogP contribution >= 0.6 is 0 Å². The first kappa shape index (κ1) is 31.8. The summed E-state index contributed by atoms with van der Waals surface area (Å²) in [7, 11) is 4.27. The van der Waals surface area contributed by atoms with Crippen LogP contribution in [0.1, 0.15) is 94.9 Å². The SMILES string of the molecule is C=C(CC(CC)C(C(C)CC)N(C)C(=C)[C@@H](NC(=C)C(NC)C(C)C)C(C)C)CC(C)(C)C. The highest BCUT2D eigenvalue weighted by atomic mass is 15.2. The highest BCUT2D eigenvalue weighted by molar-refractivity contribution is 5.15. The maximum Gasteiger partial charge on any atom is 0.0676 e. The Morgan fingerprint density at radius 3 is 1.76 bits per heavy atom. The molecule has 2 N–H and O–H groups in total. The number of nitrogens with one attached hydrogen (secondary N) is 2. The second-order valence-corrected chi connectivity index (χ2v) is 12.2. The second-order valence-electron chi connectivity index (χ2n) is 12.2. The fraction of sp³-hybridized carbons (Fsp3) is 0.800. The van der Waals surface area contributed by atoms with E-state index in [2.05, 4.69) is 112 Å². The molecule has 0 radical (unpaired) electrons. The summed E-state index contributed by atoms with van der Waals surface area (Å²) >= 11 is 0. The highest BCUT2D eigenvalue weighted by Gasteiger charge is 2.33. The van der Waals surface area contributed by atoms with E-state index in [1.54, 1.807) is 0 Å². The van der Waals surface area contributed by atoms with E-state index in [1.807, 2.05) is 7.05 Å². The molecule has 0 aliphatic rings. The van der Waals surface area contributed by atoms with Gasteiger partial charge in [0.25, 0.3) is 0 Å². The molecule has 3 heteroatoms. The summed E-state index contributed by atoms with van der Waals surface area (Å²) in [5.74, 6) is 2.03. The van der Waals surface area contributed by atoms with E-state index in [1.165, 1.54) is 5.57 Å². The predicted octanol–water partition coefficient (Wildman–Crippen LogP) is 7.63. The van der Waals surface area contributed by atoms with Crippen LogP contribution in [-0.4, -0.2) is 37.1 Å². The number of hydrogen-bond donors (Lipinski definition) is 2. The fourth-order valence-electron chi connectivity index (χ4n) is 5.35. The normalized spacial score (nSPS) is 16.8. The minimum absolute atomic E-state index is 0.152. The zero-order valence-electron chi connectivity index (χ0n) is 24.4. The van der Waals surface area contributed by atoms with Crippen LogP contribution in [0.15, 0.2) is 36.7 Å². The van der Waals surface area contributed by atoms with E-state index in [4.69, 9.17) is 0 Å². The van der Waals surface area contributed by atoms with Gasteiger partial charge in [0.2, 0.25) is 0 Å². The summed E-state index contributed by atoms with van der Waals surface area (Å²) in [6.07, 6.45) is 4.48. The van der Waals surface area contributed by atoms with Crippen LogP contribution < -0.4 is 10.6 Å². The van der Waals surface area contributed by atoms with Gasteiger partial charge in [-0.1, -0.05) is 107 Å². The molecular weight excluding hydrogens is 402 g/mol. The van der Waals surface area contributed by atoms with Crippen molar-refractivity contribution >= 4 is 0 Å². The summed E-state index contributed by atoms with van der Waals surface area (Å²) in [4.78, 5) is 2.49. The Morgan fingerprint density at radius 2 is 1.39 bits per heavy atom. The molecular formula is C30H59N3. The van der Waals surface area contributed by atoms with Gasteiger partial charge in [-0.2, -0.15) is 0 Å². The molecule has 0 fully saturated rings. The summed E-state index contributed by atoms with van der Waals surface area (Å²) in [5.41, 5.74) is 3.87. The second kappa shape index (κ2) is 14.2. The fourth-order valence-corrected chi connectivity index (χ4v) is 5.35. The van der Waals surface area contributed by atoms with Crippen LogP contribution in [0, 0.1) is 29.1 Å². The van der Waals surface area contributed by atoms with Gasteiger partial charge in [0.05, 0.1) is 6.04 Å². The summed E-state index contributed by atoms with van der Waals surface area (Å²) in [5, 5.41) is 7.17. The molecule has 0 saturated heterocycles. The van der Waals surface area contributed by atoms with Gasteiger partial charge in [0.1, 0.15) is 0 Å².